The number of hydrogen-bond acceptors (Lipinski definition) is 4. The molecule has 1 atom stereocenters. The van der Waals surface area contributed by atoms with Gasteiger partial charge in [0.05, 0.1) is 5.54 Å². The van der Waals surface area contributed by atoms with Crippen LogP contribution >= 0.6 is 11.3 Å². The molecule has 1 N–H and O–H groups in total. The van der Waals surface area contributed by atoms with Crippen LogP contribution in [0, 0.1) is 0 Å². The molecule has 0 aromatic carbocycles. The number of rotatable bonds is 4. The molecule has 1 aliphatic heterocycles. The number of hydrogen-bond donors (Lipinski definition) is 1. The Hall–Kier alpha value is -0.450. The zero-order valence-electron chi connectivity index (χ0n) is 10.4. The van der Waals surface area contributed by atoms with E-state index in [2.05, 4.69) is 41.4 Å². The first-order valence-electron chi connectivity index (χ1n) is 6.03. The highest BCUT2D eigenvalue weighted by Crippen LogP contribution is 2.32. The lowest BCUT2D eigenvalue weighted by molar-refractivity contribution is 0.151. The lowest BCUT2D eigenvalue weighted by Crippen LogP contribution is -2.42. The largest absolute Gasteiger partial charge is 0.313 e. The normalized spacial score (nSPS) is 22.8. The van der Waals surface area contributed by atoms with Gasteiger partial charge in [0.25, 0.3) is 0 Å². The van der Waals surface area contributed by atoms with E-state index in [9.17, 15) is 0 Å². The van der Waals surface area contributed by atoms with Crippen LogP contribution in [0.15, 0.2) is 11.6 Å². The molecule has 1 aromatic heterocycles. The van der Waals surface area contributed by atoms with Crippen LogP contribution in [0.1, 0.15) is 32.2 Å². The predicted molar refractivity (Wildman–Crippen MR) is 68.8 cm³/mol. The van der Waals surface area contributed by atoms with Crippen LogP contribution in [-0.2, 0) is 5.54 Å². The van der Waals surface area contributed by atoms with E-state index in [0.717, 1.165) is 13.1 Å². The molecule has 90 valence electrons. The number of nitrogens with zero attached hydrogens (tertiary/aromatic N) is 2. The van der Waals surface area contributed by atoms with Gasteiger partial charge in [-0.3, -0.25) is 4.90 Å². The fraction of sp³-hybridized carbons (Fsp3) is 0.750. The highest BCUT2D eigenvalue weighted by Gasteiger charge is 2.35. The standard InChI is InChI=1S/C12H21N3S/c1-4-13-10-5-7-15(9-10)12(2,3)11-14-6-8-16-11/h6,8,10,13H,4-5,7,9H2,1-3H3. The Labute approximate surface area is 102 Å². The van der Waals surface area contributed by atoms with Crippen molar-refractivity contribution in [3.63, 3.8) is 0 Å². The van der Waals surface area contributed by atoms with Crippen LogP contribution in [0.4, 0.5) is 0 Å². The first kappa shape index (κ1) is 12.0. The van der Waals surface area contributed by atoms with E-state index in [1.54, 1.807) is 11.3 Å². The first-order valence-corrected chi connectivity index (χ1v) is 6.91. The fourth-order valence-electron chi connectivity index (χ4n) is 2.38. The molecular formula is C12H21N3S. The van der Waals surface area contributed by atoms with Gasteiger partial charge in [0.15, 0.2) is 0 Å². The molecule has 2 heterocycles. The maximum absolute atomic E-state index is 4.46. The van der Waals surface area contributed by atoms with Gasteiger partial charge in [-0.05, 0) is 26.8 Å². The van der Waals surface area contributed by atoms with E-state index in [4.69, 9.17) is 0 Å². The van der Waals surface area contributed by atoms with Gasteiger partial charge in [0.1, 0.15) is 5.01 Å². The molecule has 0 aliphatic carbocycles. The summed E-state index contributed by atoms with van der Waals surface area (Å²) in [5.41, 5.74) is 0.0817. The number of nitrogens with one attached hydrogen (secondary N) is 1. The summed E-state index contributed by atoms with van der Waals surface area (Å²) in [4.78, 5) is 7.00. The minimum absolute atomic E-state index is 0.0817. The molecule has 0 spiro atoms. The molecule has 2 rings (SSSR count). The van der Waals surface area contributed by atoms with E-state index in [0.29, 0.717) is 6.04 Å². The number of likely N-dealkylation sites (N-methyl/N-ethyl adjacent to an activating group) is 1. The Bertz CT molecular complexity index is 321. The van der Waals surface area contributed by atoms with E-state index >= 15 is 0 Å². The molecular weight excluding hydrogens is 218 g/mol. The van der Waals surface area contributed by atoms with Crippen molar-refractivity contribution in [3.05, 3.63) is 16.6 Å². The summed E-state index contributed by atoms with van der Waals surface area (Å²) in [6.07, 6.45) is 3.16. The number of thiazole rings is 1. The first-order chi connectivity index (χ1) is 7.64. The Morgan fingerprint density at radius 1 is 1.62 bits per heavy atom. The molecule has 0 saturated carbocycles. The SMILES string of the molecule is CCNC1CCN(C(C)(C)c2nccs2)C1. The third-order valence-electron chi connectivity index (χ3n) is 3.43. The topological polar surface area (TPSA) is 28.2 Å². The maximum Gasteiger partial charge on any atom is 0.112 e. The number of aromatic nitrogens is 1. The van der Waals surface area contributed by atoms with Gasteiger partial charge in [0.2, 0.25) is 0 Å². The molecule has 0 radical (unpaired) electrons. The van der Waals surface area contributed by atoms with Crippen molar-refractivity contribution in [1.82, 2.24) is 15.2 Å². The molecule has 0 bridgehead atoms. The van der Waals surface area contributed by atoms with E-state index in [1.165, 1.54) is 18.0 Å². The summed E-state index contributed by atoms with van der Waals surface area (Å²) in [5, 5.41) is 6.82. The van der Waals surface area contributed by atoms with Crippen LogP contribution in [0.2, 0.25) is 0 Å². The van der Waals surface area contributed by atoms with Crippen molar-refractivity contribution in [2.75, 3.05) is 19.6 Å². The Morgan fingerprint density at radius 3 is 3.06 bits per heavy atom. The Morgan fingerprint density at radius 2 is 2.44 bits per heavy atom. The van der Waals surface area contributed by atoms with E-state index in [-0.39, 0.29) is 5.54 Å². The smallest absolute Gasteiger partial charge is 0.112 e. The summed E-state index contributed by atoms with van der Waals surface area (Å²) in [7, 11) is 0. The predicted octanol–water partition coefficient (Wildman–Crippen LogP) is 2.06. The average molecular weight is 239 g/mol. The lowest BCUT2D eigenvalue weighted by Gasteiger charge is -2.33. The Balaban J connectivity index is 2.03. The molecule has 0 amide bonds. The van der Waals surface area contributed by atoms with Crippen molar-refractivity contribution < 1.29 is 0 Å². The maximum atomic E-state index is 4.46. The second-order valence-corrected chi connectivity index (χ2v) is 5.78. The highest BCUT2D eigenvalue weighted by atomic mass is 32.1. The summed E-state index contributed by atoms with van der Waals surface area (Å²) in [6, 6.07) is 0.657. The average Bonchev–Trinajstić information content (AvgIpc) is 2.88. The third-order valence-corrected chi connectivity index (χ3v) is 4.51. The van der Waals surface area contributed by atoms with Gasteiger partial charge in [-0.2, -0.15) is 0 Å². The molecule has 3 nitrogen and oxygen atoms in total. The zero-order valence-corrected chi connectivity index (χ0v) is 11.2. The van der Waals surface area contributed by atoms with Gasteiger partial charge in [-0.25, -0.2) is 4.98 Å². The van der Waals surface area contributed by atoms with Gasteiger partial charge in [0, 0.05) is 30.7 Å². The Kier molecular flexibility index (Phi) is 3.62. The van der Waals surface area contributed by atoms with Crippen LogP contribution in [-0.4, -0.2) is 35.6 Å². The summed E-state index contributed by atoms with van der Waals surface area (Å²) < 4.78 is 0. The van der Waals surface area contributed by atoms with E-state index < -0.39 is 0 Å². The van der Waals surface area contributed by atoms with Crippen molar-refractivity contribution in [1.29, 1.82) is 0 Å². The minimum Gasteiger partial charge on any atom is -0.313 e. The van der Waals surface area contributed by atoms with Gasteiger partial charge in [-0.1, -0.05) is 6.92 Å². The van der Waals surface area contributed by atoms with Crippen molar-refractivity contribution in [2.24, 2.45) is 0 Å². The van der Waals surface area contributed by atoms with Gasteiger partial charge in [-0.15, -0.1) is 11.3 Å². The molecule has 1 saturated heterocycles. The molecule has 1 aromatic rings. The van der Waals surface area contributed by atoms with Crippen molar-refractivity contribution in [2.45, 2.75) is 38.8 Å². The number of likely N-dealkylation sites (tertiary alicyclic amines) is 1. The van der Waals surface area contributed by atoms with Crippen molar-refractivity contribution in [3.8, 4) is 0 Å². The third kappa shape index (κ3) is 2.29. The summed E-state index contributed by atoms with van der Waals surface area (Å²) in [5.74, 6) is 0. The summed E-state index contributed by atoms with van der Waals surface area (Å²) >= 11 is 1.76. The summed E-state index contributed by atoms with van der Waals surface area (Å²) in [6.45, 7) is 10.1. The molecule has 4 heteroatoms. The van der Waals surface area contributed by atoms with Crippen LogP contribution in [0.25, 0.3) is 0 Å². The van der Waals surface area contributed by atoms with Gasteiger partial charge < -0.3 is 5.32 Å². The highest BCUT2D eigenvalue weighted by molar-refractivity contribution is 7.09. The molecule has 16 heavy (non-hydrogen) atoms. The fourth-order valence-corrected chi connectivity index (χ4v) is 3.17. The zero-order chi connectivity index (χ0) is 11.6. The molecule has 1 fully saturated rings. The quantitative estimate of drug-likeness (QED) is 0.872. The lowest BCUT2D eigenvalue weighted by atomic mass is 10.1. The monoisotopic (exact) mass is 239 g/mol. The molecule has 1 unspecified atom stereocenters. The second-order valence-electron chi connectivity index (χ2n) is 4.89. The second kappa shape index (κ2) is 4.82. The minimum atomic E-state index is 0.0817. The van der Waals surface area contributed by atoms with Crippen LogP contribution in [0.3, 0.4) is 0 Å². The van der Waals surface area contributed by atoms with E-state index in [1.807, 2.05) is 6.20 Å². The van der Waals surface area contributed by atoms with Gasteiger partial charge >= 0.3 is 0 Å². The van der Waals surface area contributed by atoms with Crippen LogP contribution < -0.4 is 5.32 Å². The molecule has 1 aliphatic rings. The van der Waals surface area contributed by atoms with Crippen molar-refractivity contribution >= 4 is 11.3 Å². The van der Waals surface area contributed by atoms with Crippen LogP contribution in [0.5, 0.6) is 0 Å².